The Morgan fingerprint density at radius 2 is 1.72 bits per heavy atom. The maximum Gasteiger partial charge on any atom is 0.328 e. The van der Waals surface area contributed by atoms with Gasteiger partial charge in [0.2, 0.25) is 35.4 Å². The molecule has 3 saturated heterocycles. The average Bonchev–Trinajstić information content (AvgIpc) is 3.80. The van der Waals surface area contributed by atoms with E-state index in [1.807, 2.05) is 6.92 Å². The molecule has 3 N–H and O–H groups in total. The zero-order valence-electron chi connectivity index (χ0n) is 30.7. The van der Waals surface area contributed by atoms with E-state index in [2.05, 4.69) is 16.0 Å². The van der Waals surface area contributed by atoms with Crippen LogP contribution in [0.1, 0.15) is 83.6 Å². The first-order valence-corrected chi connectivity index (χ1v) is 18.7. The van der Waals surface area contributed by atoms with Gasteiger partial charge in [-0.05, 0) is 82.1 Å². The minimum absolute atomic E-state index is 0.115. The normalized spacial score (nSPS) is 25.8. The lowest BCUT2D eigenvalue weighted by molar-refractivity contribution is -0.161. The van der Waals surface area contributed by atoms with Crippen molar-refractivity contribution in [1.82, 2.24) is 30.7 Å². The molecule has 4 aliphatic rings. The quantitative estimate of drug-likeness (QED) is 0.194. The molecule has 0 radical (unpaired) electrons. The predicted molar refractivity (Wildman–Crippen MR) is 190 cm³/mol. The number of rotatable bonds is 9. The van der Waals surface area contributed by atoms with Crippen LogP contribution in [-0.2, 0) is 44.7 Å². The first-order chi connectivity index (χ1) is 25.4. The number of hydrogen-bond donors (Lipinski definition) is 3. The van der Waals surface area contributed by atoms with Crippen LogP contribution in [0.25, 0.3) is 0 Å². The van der Waals surface area contributed by atoms with Gasteiger partial charge >= 0.3 is 5.97 Å². The number of likely N-dealkylation sites (N-methyl/N-ethyl adjacent to an activating group) is 1. The van der Waals surface area contributed by atoms with Crippen molar-refractivity contribution in [3.63, 3.8) is 0 Å². The van der Waals surface area contributed by atoms with Crippen molar-refractivity contribution in [2.45, 2.75) is 120 Å². The summed E-state index contributed by atoms with van der Waals surface area (Å²) in [6.45, 7) is 3.39. The zero-order valence-corrected chi connectivity index (χ0v) is 30.7. The van der Waals surface area contributed by atoms with Gasteiger partial charge in [0.1, 0.15) is 48.2 Å². The van der Waals surface area contributed by atoms with E-state index in [4.69, 9.17) is 4.74 Å². The minimum atomic E-state index is -1.48. The van der Waals surface area contributed by atoms with Crippen molar-refractivity contribution in [3.05, 3.63) is 47.8 Å². The van der Waals surface area contributed by atoms with Gasteiger partial charge in [-0.2, -0.15) is 0 Å². The first kappa shape index (κ1) is 39.4. The Kier molecular flexibility index (Phi) is 12.9. The van der Waals surface area contributed by atoms with Gasteiger partial charge in [0.15, 0.2) is 0 Å². The fraction of sp³-hybridized carbons (Fsp3) is 0.605. The molecule has 15 heteroatoms. The molecular weight excluding hydrogens is 687 g/mol. The average molecular weight is 739 g/mol. The van der Waals surface area contributed by atoms with E-state index in [9.17, 15) is 38.0 Å². The number of carbonyl (C=O) groups excluding carboxylic acids is 7. The van der Waals surface area contributed by atoms with Crippen molar-refractivity contribution < 1.29 is 42.7 Å². The lowest BCUT2D eigenvalue weighted by Gasteiger charge is -2.48. The van der Waals surface area contributed by atoms with E-state index in [1.165, 1.54) is 46.0 Å². The second-order valence-corrected chi connectivity index (χ2v) is 14.5. The number of carbonyl (C=O) groups is 7. The van der Waals surface area contributed by atoms with E-state index in [0.717, 1.165) is 12.8 Å². The Balaban J connectivity index is 1.45. The number of amides is 6. The number of ether oxygens (including phenoxy) is 1. The molecule has 53 heavy (non-hydrogen) atoms. The standard InChI is InChI=1S/C38H51FN6O8/c1-4-5-6-7-16-31(46)41-27(22-25-12-8-13-26(39)21-25)32(47)42-28-23-53-36(51)30-15-10-20-45(30)33(48)24(2)40-37(52)38(17-11-18-38)43(3)35(50)29-14-9-19-44(29)34(28)49/h7-8,12-13,16,21,24,27-30H,4-6,9-11,14-15,17-20,22-23H2,1-3H3,(H,40,52)(H,41,46)(H,42,47)/t24-,27-,28-,29-,30-/m0/s1. The molecule has 3 heterocycles. The number of nitrogens with zero attached hydrogens (tertiary/aromatic N) is 3. The van der Waals surface area contributed by atoms with Crippen LogP contribution < -0.4 is 16.0 Å². The van der Waals surface area contributed by atoms with Crippen LogP contribution in [0.5, 0.6) is 0 Å². The highest BCUT2D eigenvalue weighted by atomic mass is 19.1. The smallest absolute Gasteiger partial charge is 0.328 e. The van der Waals surface area contributed by atoms with Crippen molar-refractivity contribution in [3.8, 4) is 0 Å². The molecule has 5 atom stereocenters. The fourth-order valence-corrected chi connectivity index (χ4v) is 7.62. The summed E-state index contributed by atoms with van der Waals surface area (Å²) in [7, 11) is 1.53. The van der Waals surface area contributed by atoms with Crippen LogP contribution in [-0.4, -0.2) is 119 Å². The molecule has 0 unspecified atom stereocenters. The Labute approximate surface area is 309 Å². The van der Waals surface area contributed by atoms with Gasteiger partial charge in [0.05, 0.1) is 0 Å². The topological polar surface area (TPSA) is 175 Å². The largest absolute Gasteiger partial charge is 0.461 e. The number of esters is 1. The first-order valence-electron chi connectivity index (χ1n) is 18.7. The van der Waals surface area contributed by atoms with Crippen molar-refractivity contribution >= 4 is 41.4 Å². The zero-order chi connectivity index (χ0) is 38.3. The highest BCUT2D eigenvalue weighted by molar-refractivity contribution is 5.99. The summed E-state index contributed by atoms with van der Waals surface area (Å²) in [4.78, 5) is 100. The lowest BCUT2D eigenvalue weighted by atomic mass is 9.74. The summed E-state index contributed by atoms with van der Waals surface area (Å²) >= 11 is 0. The number of benzene rings is 1. The molecule has 0 aromatic heterocycles. The van der Waals surface area contributed by atoms with Gasteiger partial charge in [-0.15, -0.1) is 0 Å². The van der Waals surface area contributed by atoms with Gasteiger partial charge < -0.3 is 35.4 Å². The molecule has 1 aromatic rings. The van der Waals surface area contributed by atoms with E-state index in [-0.39, 0.29) is 19.5 Å². The van der Waals surface area contributed by atoms with Crippen LogP contribution in [0.4, 0.5) is 4.39 Å². The highest BCUT2D eigenvalue weighted by Gasteiger charge is 2.53. The molecule has 1 aliphatic carbocycles. The number of hydrogen-bond acceptors (Lipinski definition) is 8. The summed E-state index contributed by atoms with van der Waals surface area (Å²) in [6, 6.07) is -0.0610. The van der Waals surface area contributed by atoms with Crippen molar-refractivity contribution in [2.75, 3.05) is 26.7 Å². The van der Waals surface area contributed by atoms with Gasteiger partial charge in [-0.1, -0.05) is 38.0 Å². The summed E-state index contributed by atoms with van der Waals surface area (Å²) in [5.41, 5.74) is -0.789. The molecule has 288 valence electrons. The fourth-order valence-electron chi connectivity index (χ4n) is 7.62. The Morgan fingerprint density at radius 3 is 2.38 bits per heavy atom. The second kappa shape index (κ2) is 17.3. The third-order valence-electron chi connectivity index (χ3n) is 10.9. The molecule has 6 amide bonds. The maximum atomic E-state index is 14.4. The van der Waals surface area contributed by atoms with Crippen molar-refractivity contribution in [2.24, 2.45) is 0 Å². The summed E-state index contributed by atoms with van der Waals surface area (Å²) in [5.74, 6) is -4.74. The molecule has 3 aliphatic heterocycles. The highest BCUT2D eigenvalue weighted by Crippen LogP contribution is 2.39. The molecule has 1 aromatic carbocycles. The van der Waals surface area contributed by atoms with E-state index in [1.54, 1.807) is 19.1 Å². The molecule has 1 spiro atoms. The maximum absolute atomic E-state index is 14.4. The van der Waals surface area contributed by atoms with Gasteiger partial charge in [-0.3, -0.25) is 28.8 Å². The van der Waals surface area contributed by atoms with Gasteiger partial charge in [0.25, 0.3) is 0 Å². The van der Waals surface area contributed by atoms with E-state index < -0.39 is 89.6 Å². The molecule has 5 rings (SSSR count). The van der Waals surface area contributed by atoms with Crippen LogP contribution in [0.15, 0.2) is 36.4 Å². The third-order valence-corrected chi connectivity index (χ3v) is 10.9. The summed E-state index contributed by atoms with van der Waals surface area (Å²) in [5, 5.41) is 8.10. The predicted octanol–water partition coefficient (Wildman–Crippen LogP) is 1.51. The number of halogens is 1. The third kappa shape index (κ3) is 8.87. The van der Waals surface area contributed by atoms with Crippen LogP contribution in [0.3, 0.4) is 0 Å². The number of nitrogens with one attached hydrogen (secondary N) is 3. The minimum Gasteiger partial charge on any atom is -0.461 e. The molecule has 0 bridgehead atoms. The molecule has 14 nitrogen and oxygen atoms in total. The van der Waals surface area contributed by atoms with E-state index in [0.29, 0.717) is 56.9 Å². The number of allylic oxidation sites excluding steroid dienone is 1. The van der Waals surface area contributed by atoms with Crippen LogP contribution in [0.2, 0.25) is 0 Å². The number of unbranched alkanes of at least 4 members (excludes halogenated alkanes) is 2. The Hall–Kier alpha value is -4.82. The summed E-state index contributed by atoms with van der Waals surface area (Å²) in [6.07, 6.45) is 8.41. The van der Waals surface area contributed by atoms with Gasteiger partial charge in [0, 0.05) is 26.6 Å². The van der Waals surface area contributed by atoms with Crippen molar-refractivity contribution in [1.29, 1.82) is 0 Å². The molecular formula is C38H51FN6O8. The molecule has 1 saturated carbocycles. The van der Waals surface area contributed by atoms with Crippen LogP contribution >= 0.6 is 0 Å². The Morgan fingerprint density at radius 1 is 1.02 bits per heavy atom. The number of fused-ring (bicyclic) bond motifs is 2. The molecule has 4 fully saturated rings. The monoisotopic (exact) mass is 738 g/mol. The van der Waals surface area contributed by atoms with E-state index >= 15 is 0 Å². The van der Waals surface area contributed by atoms with Gasteiger partial charge in [-0.25, -0.2) is 9.18 Å². The SMILES string of the molecule is CCCCC=CC(=O)N[C@@H](Cc1cccc(F)c1)C(=O)N[C@H]1COC(=O)[C@@H]2CCCN2C(=O)[C@H](C)NC(=O)C2(CCC2)N(C)C(=O)[C@@H]2CCCN2C1=O. The second-order valence-electron chi connectivity index (χ2n) is 14.5. The Bertz CT molecular complexity index is 1610. The number of cyclic esters (lactones) is 1. The van der Waals surface area contributed by atoms with Crippen LogP contribution in [0, 0.1) is 5.82 Å². The lowest BCUT2D eigenvalue weighted by Crippen LogP contribution is -2.67. The summed E-state index contributed by atoms with van der Waals surface area (Å²) < 4.78 is 19.8.